The van der Waals surface area contributed by atoms with Crippen LogP contribution in [0.4, 0.5) is 0 Å². The second-order valence-corrected chi connectivity index (χ2v) is 10.7. The molecule has 8 heteroatoms. The molecule has 3 rings (SSSR count). The SMILES string of the molecule is CC(C)CN(C(=O)CN1CCN(C(=O)c2ccccc2)CC1)[C@@H]1CCS(=O)(=O)C1. The number of hydrogen-bond donors (Lipinski definition) is 0. The Hall–Kier alpha value is -1.93. The standard InChI is InChI=1S/C21H31N3O4S/c1-17(2)14-24(19-8-13-29(27,28)16-19)20(25)15-22-9-11-23(12-10-22)21(26)18-6-4-3-5-7-18/h3-7,17,19H,8-16H2,1-2H3/t19-/m1/s1. The summed E-state index contributed by atoms with van der Waals surface area (Å²) in [4.78, 5) is 31.2. The van der Waals surface area contributed by atoms with Crippen molar-refractivity contribution in [3.05, 3.63) is 35.9 Å². The first-order valence-corrected chi connectivity index (χ1v) is 12.1. The third-order valence-corrected chi connectivity index (χ3v) is 7.32. The van der Waals surface area contributed by atoms with Crippen molar-refractivity contribution in [2.24, 2.45) is 5.92 Å². The molecule has 1 atom stereocenters. The molecule has 7 nitrogen and oxygen atoms in total. The van der Waals surface area contributed by atoms with E-state index in [2.05, 4.69) is 4.90 Å². The van der Waals surface area contributed by atoms with E-state index in [0.29, 0.717) is 44.7 Å². The second kappa shape index (κ2) is 9.26. The number of nitrogens with zero attached hydrogens (tertiary/aromatic N) is 3. The molecule has 2 fully saturated rings. The van der Waals surface area contributed by atoms with Crippen molar-refractivity contribution < 1.29 is 18.0 Å². The minimum atomic E-state index is -3.04. The lowest BCUT2D eigenvalue weighted by Crippen LogP contribution is -2.53. The minimum absolute atomic E-state index is 0.0105. The van der Waals surface area contributed by atoms with Gasteiger partial charge in [0.25, 0.3) is 5.91 Å². The number of amides is 2. The Bertz CT molecular complexity index is 818. The summed E-state index contributed by atoms with van der Waals surface area (Å²) in [6.45, 7) is 7.38. The molecule has 0 spiro atoms. The second-order valence-electron chi connectivity index (χ2n) is 8.43. The Morgan fingerprint density at radius 3 is 2.31 bits per heavy atom. The number of hydrogen-bond acceptors (Lipinski definition) is 5. The van der Waals surface area contributed by atoms with Gasteiger partial charge in [0.2, 0.25) is 5.91 Å². The maximum atomic E-state index is 13.0. The van der Waals surface area contributed by atoms with Gasteiger partial charge >= 0.3 is 0 Å². The highest BCUT2D eigenvalue weighted by Crippen LogP contribution is 2.20. The highest BCUT2D eigenvalue weighted by Gasteiger charge is 2.35. The quantitative estimate of drug-likeness (QED) is 0.688. The Labute approximate surface area is 173 Å². The first-order chi connectivity index (χ1) is 13.7. The molecule has 0 aliphatic carbocycles. The van der Waals surface area contributed by atoms with Crippen LogP contribution in [-0.2, 0) is 14.6 Å². The molecule has 2 aliphatic rings. The number of carbonyl (C=O) groups excluding carboxylic acids is 2. The van der Waals surface area contributed by atoms with Gasteiger partial charge in [-0.3, -0.25) is 14.5 Å². The van der Waals surface area contributed by atoms with E-state index in [1.54, 1.807) is 4.90 Å². The lowest BCUT2D eigenvalue weighted by Gasteiger charge is -2.37. The van der Waals surface area contributed by atoms with E-state index >= 15 is 0 Å². The predicted molar refractivity (Wildman–Crippen MR) is 112 cm³/mol. The van der Waals surface area contributed by atoms with Gasteiger partial charge in [-0.15, -0.1) is 0 Å². The third kappa shape index (κ3) is 5.79. The van der Waals surface area contributed by atoms with Crippen LogP contribution in [0.2, 0.25) is 0 Å². The van der Waals surface area contributed by atoms with Crippen LogP contribution in [0, 0.1) is 5.92 Å². The molecule has 0 unspecified atom stereocenters. The topological polar surface area (TPSA) is 78.0 Å². The minimum Gasteiger partial charge on any atom is -0.337 e. The fraction of sp³-hybridized carbons (Fsp3) is 0.619. The van der Waals surface area contributed by atoms with Gasteiger partial charge in [0.15, 0.2) is 9.84 Å². The molecular weight excluding hydrogens is 390 g/mol. The molecule has 0 radical (unpaired) electrons. The Morgan fingerprint density at radius 1 is 1.10 bits per heavy atom. The molecule has 2 amide bonds. The molecule has 1 aromatic carbocycles. The Balaban J connectivity index is 1.55. The summed E-state index contributed by atoms with van der Waals surface area (Å²) < 4.78 is 23.7. The van der Waals surface area contributed by atoms with Crippen LogP contribution >= 0.6 is 0 Å². The lowest BCUT2D eigenvalue weighted by atomic mass is 10.1. The summed E-state index contributed by atoms with van der Waals surface area (Å²) in [7, 11) is -3.04. The first-order valence-electron chi connectivity index (χ1n) is 10.3. The van der Waals surface area contributed by atoms with Crippen LogP contribution in [0.25, 0.3) is 0 Å². The molecule has 2 saturated heterocycles. The average Bonchev–Trinajstić information content (AvgIpc) is 3.06. The molecule has 0 N–H and O–H groups in total. The van der Waals surface area contributed by atoms with Gasteiger partial charge < -0.3 is 9.80 Å². The zero-order chi connectivity index (χ0) is 21.0. The molecule has 0 bridgehead atoms. The highest BCUT2D eigenvalue weighted by molar-refractivity contribution is 7.91. The van der Waals surface area contributed by atoms with E-state index in [-0.39, 0.29) is 41.8 Å². The van der Waals surface area contributed by atoms with Crippen molar-refractivity contribution in [1.82, 2.24) is 14.7 Å². The van der Waals surface area contributed by atoms with E-state index in [4.69, 9.17) is 0 Å². The smallest absolute Gasteiger partial charge is 0.253 e. The van der Waals surface area contributed by atoms with Crippen molar-refractivity contribution >= 4 is 21.7 Å². The summed E-state index contributed by atoms with van der Waals surface area (Å²) >= 11 is 0. The van der Waals surface area contributed by atoms with Crippen molar-refractivity contribution in [2.45, 2.75) is 26.3 Å². The maximum absolute atomic E-state index is 13.0. The van der Waals surface area contributed by atoms with E-state index in [9.17, 15) is 18.0 Å². The van der Waals surface area contributed by atoms with Crippen molar-refractivity contribution in [2.75, 3.05) is 50.8 Å². The third-order valence-electron chi connectivity index (χ3n) is 5.57. The van der Waals surface area contributed by atoms with E-state index < -0.39 is 9.84 Å². The fourth-order valence-corrected chi connectivity index (χ4v) is 5.75. The molecule has 29 heavy (non-hydrogen) atoms. The molecule has 2 heterocycles. The van der Waals surface area contributed by atoms with Crippen molar-refractivity contribution in [1.29, 1.82) is 0 Å². The van der Waals surface area contributed by atoms with Crippen LogP contribution in [0.5, 0.6) is 0 Å². The first kappa shape index (κ1) is 21.8. The molecule has 0 saturated carbocycles. The lowest BCUT2D eigenvalue weighted by molar-refractivity contribution is -0.135. The van der Waals surface area contributed by atoms with Crippen LogP contribution < -0.4 is 0 Å². The van der Waals surface area contributed by atoms with Gasteiger partial charge in [-0.05, 0) is 24.5 Å². The summed E-state index contributed by atoms with van der Waals surface area (Å²) in [6.07, 6.45) is 0.528. The van der Waals surface area contributed by atoms with Gasteiger partial charge in [-0.1, -0.05) is 32.0 Å². The van der Waals surface area contributed by atoms with Gasteiger partial charge in [0.05, 0.1) is 18.1 Å². The summed E-state index contributed by atoms with van der Waals surface area (Å²) in [5.74, 6) is 0.533. The average molecular weight is 422 g/mol. The van der Waals surface area contributed by atoms with Gasteiger partial charge in [0.1, 0.15) is 0 Å². The van der Waals surface area contributed by atoms with Gasteiger partial charge in [-0.2, -0.15) is 0 Å². The van der Waals surface area contributed by atoms with E-state index in [1.165, 1.54) is 0 Å². The van der Waals surface area contributed by atoms with Crippen LogP contribution in [0.15, 0.2) is 30.3 Å². The van der Waals surface area contributed by atoms with Gasteiger partial charge in [0, 0.05) is 44.3 Å². The highest BCUT2D eigenvalue weighted by atomic mass is 32.2. The van der Waals surface area contributed by atoms with Gasteiger partial charge in [-0.25, -0.2) is 8.42 Å². The normalized spacial score (nSPS) is 22.0. The number of piperazine rings is 1. The summed E-state index contributed by atoms with van der Waals surface area (Å²) in [6, 6.07) is 9.02. The van der Waals surface area contributed by atoms with Crippen molar-refractivity contribution in [3.63, 3.8) is 0 Å². The number of carbonyl (C=O) groups is 2. The maximum Gasteiger partial charge on any atom is 0.253 e. The molecule has 0 aromatic heterocycles. The summed E-state index contributed by atoms with van der Waals surface area (Å²) in [5.41, 5.74) is 0.683. The largest absolute Gasteiger partial charge is 0.337 e. The molecule has 2 aliphatic heterocycles. The van der Waals surface area contributed by atoms with Crippen LogP contribution in [0.1, 0.15) is 30.6 Å². The van der Waals surface area contributed by atoms with Crippen molar-refractivity contribution in [3.8, 4) is 0 Å². The monoisotopic (exact) mass is 421 g/mol. The zero-order valence-electron chi connectivity index (χ0n) is 17.3. The molecule has 160 valence electrons. The van der Waals surface area contributed by atoms with Crippen LogP contribution in [0.3, 0.4) is 0 Å². The summed E-state index contributed by atoms with van der Waals surface area (Å²) in [5, 5.41) is 0. The molecule has 1 aromatic rings. The number of sulfone groups is 1. The van der Waals surface area contributed by atoms with Crippen LogP contribution in [-0.4, -0.2) is 91.7 Å². The zero-order valence-corrected chi connectivity index (χ0v) is 18.1. The number of benzene rings is 1. The predicted octanol–water partition coefficient (Wildman–Crippen LogP) is 1.12. The number of rotatable bonds is 6. The Morgan fingerprint density at radius 2 is 1.76 bits per heavy atom. The van der Waals surface area contributed by atoms with E-state index in [0.717, 1.165) is 0 Å². The Kier molecular flexibility index (Phi) is 6.95. The molecular formula is C21H31N3O4S. The fourth-order valence-electron chi connectivity index (χ4n) is 4.02. The van der Waals surface area contributed by atoms with E-state index in [1.807, 2.05) is 49.1 Å².